The molecule has 0 aromatic heterocycles. The van der Waals surface area contributed by atoms with E-state index in [4.69, 9.17) is 0 Å². The minimum atomic E-state index is -0.596. The second-order valence-corrected chi connectivity index (χ2v) is 5.11. The first-order valence-corrected chi connectivity index (χ1v) is 6.58. The average Bonchev–Trinajstić information content (AvgIpc) is 2.29. The highest BCUT2D eigenvalue weighted by atomic mass is 16.5. The third-order valence-corrected chi connectivity index (χ3v) is 3.88. The quantitative estimate of drug-likeness (QED) is 0.662. The van der Waals surface area contributed by atoms with Gasteiger partial charge in [0, 0.05) is 20.0 Å². The van der Waals surface area contributed by atoms with Gasteiger partial charge < -0.3 is 15.4 Å². The SMILES string of the molecule is CCC1(CNCC(NC(C)=O)C(=O)OC)CCC1. The van der Waals surface area contributed by atoms with E-state index in [0.717, 1.165) is 13.0 Å². The maximum Gasteiger partial charge on any atom is 0.329 e. The lowest BCUT2D eigenvalue weighted by Gasteiger charge is -2.41. The number of rotatable bonds is 7. The normalized spacial score (nSPS) is 18.6. The Morgan fingerprint density at radius 1 is 1.39 bits per heavy atom. The second-order valence-electron chi connectivity index (χ2n) is 5.11. The van der Waals surface area contributed by atoms with Gasteiger partial charge in [-0.15, -0.1) is 0 Å². The molecular weight excluding hydrogens is 232 g/mol. The lowest BCUT2D eigenvalue weighted by molar-refractivity contribution is -0.144. The molecule has 0 aromatic rings. The Morgan fingerprint density at radius 2 is 2.06 bits per heavy atom. The Kier molecular flexibility index (Phi) is 5.59. The molecule has 1 atom stereocenters. The average molecular weight is 256 g/mol. The van der Waals surface area contributed by atoms with Gasteiger partial charge in [0.1, 0.15) is 6.04 Å². The molecule has 0 aromatic carbocycles. The van der Waals surface area contributed by atoms with Crippen molar-refractivity contribution in [3.63, 3.8) is 0 Å². The highest BCUT2D eigenvalue weighted by molar-refractivity contribution is 5.83. The van der Waals surface area contributed by atoms with Crippen LogP contribution in [0.25, 0.3) is 0 Å². The Morgan fingerprint density at radius 3 is 2.44 bits per heavy atom. The van der Waals surface area contributed by atoms with Crippen LogP contribution in [0, 0.1) is 5.41 Å². The number of esters is 1. The Balaban J connectivity index is 2.37. The first-order chi connectivity index (χ1) is 8.53. The molecule has 2 N–H and O–H groups in total. The molecule has 1 amide bonds. The van der Waals surface area contributed by atoms with E-state index in [9.17, 15) is 9.59 Å². The first-order valence-electron chi connectivity index (χ1n) is 6.58. The van der Waals surface area contributed by atoms with Crippen LogP contribution in [-0.2, 0) is 14.3 Å². The molecule has 0 radical (unpaired) electrons. The monoisotopic (exact) mass is 256 g/mol. The van der Waals surface area contributed by atoms with E-state index in [1.54, 1.807) is 0 Å². The van der Waals surface area contributed by atoms with Crippen molar-refractivity contribution in [1.29, 1.82) is 0 Å². The van der Waals surface area contributed by atoms with Crippen molar-refractivity contribution in [3.8, 4) is 0 Å². The summed E-state index contributed by atoms with van der Waals surface area (Å²) in [6, 6.07) is -0.596. The zero-order chi connectivity index (χ0) is 13.6. The van der Waals surface area contributed by atoms with Crippen molar-refractivity contribution in [3.05, 3.63) is 0 Å². The third kappa shape index (κ3) is 3.98. The van der Waals surface area contributed by atoms with Crippen molar-refractivity contribution in [2.75, 3.05) is 20.2 Å². The molecule has 5 nitrogen and oxygen atoms in total. The molecule has 1 aliphatic rings. The molecule has 5 heteroatoms. The second kappa shape index (κ2) is 6.73. The summed E-state index contributed by atoms with van der Waals surface area (Å²) in [6.07, 6.45) is 4.95. The van der Waals surface area contributed by atoms with E-state index in [1.165, 1.54) is 33.3 Å². The zero-order valence-corrected chi connectivity index (χ0v) is 11.5. The molecule has 18 heavy (non-hydrogen) atoms. The molecule has 104 valence electrons. The molecule has 0 saturated heterocycles. The summed E-state index contributed by atoms with van der Waals surface area (Å²) in [5.41, 5.74) is 0.400. The standard InChI is InChI=1S/C13H24N2O3/c1-4-13(6-5-7-13)9-14-8-11(12(17)18-3)15-10(2)16/h11,14H,4-9H2,1-3H3,(H,15,16). The molecule has 1 rings (SSSR count). The Labute approximate surface area is 109 Å². The van der Waals surface area contributed by atoms with Gasteiger partial charge in [-0.1, -0.05) is 13.3 Å². The predicted molar refractivity (Wildman–Crippen MR) is 69.1 cm³/mol. The van der Waals surface area contributed by atoms with Gasteiger partial charge in [-0.05, 0) is 24.7 Å². The topological polar surface area (TPSA) is 67.4 Å². The van der Waals surface area contributed by atoms with E-state index in [-0.39, 0.29) is 5.91 Å². The van der Waals surface area contributed by atoms with Gasteiger partial charge in [0.25, 0.3) is 0 Å². The highest BCUT2D eigenvalue weighted by Crippen LogP contribution is 2.42. The maximum atomic E-state index is 11.5. The Bertz CT molecular complexity index is 295. The van der Waals surface area contributed by atoms with E-state index in [1.807, 2.05) is 0 Å². The molecule has 1 aliphatic carbocycles. The van der Waals surface area contributed by atoms with Crippen LogP contribution in [0.2, 0.25) is 0 Å². The minimum Gasteiger partial charge on any atom is -0.467 e. The number of carbonyl (C=O) groups excluding carboxylic acids is 2. The van der Waals surface area contributed by atoms with Crippen LogP contribution < -0.4 is 10.6 Å². The smallest absolute Gasteiger partial charge is 0.329 e. The van der Waals surface area contributed by atoms with Crippen LogP contribution in [0.5, 0.6) is 0 Å². The molecule has 0 aliphatic heterocycles. The zero-order valence-electron chi connectivity index (χ0n) is 11.5. The largest absolute Gasteiger partial charge is 0.467 e. The fourth-order valence-corrected chi connectivity index (χ4v) is 2.39. The van der Waals surface area contributed by atoms with Crippen molar-refractivity contribution < 1.29 is 14.3 Å². The predicted octanol–water partition coefficient (Wildman–Crippen LogP) is 0.834. The molecule has 0 bridgehead atoms. The molecule has 0 heterocycles. The maximum absolute atomic E-state index is 11.5. The lowest BCUT2D eigenvalue weighted by Crippen LogP contribution is -2.49. The number of hydrogen-bond donors (Lipinski definition) is 2. The molecule has 1 fully saturated rings. The summed E-state index contributed by atoms with van der Waals surface area (Å²) < 4.78 is 4.67. The van der Waals surface area contributed by atoms with Crippen LogP contribution in [0.3, 0.4) is 0 Å². The van der Waals surface area contributed by atoms with E-state index in [2.05, 4.69) is 22.3 Å². The fraction of sp³-hybridized carbons (Fsp3) is 0.846. The van der Waals surface area contributed by atoms with E-state index in [0.29, 0.717) is 12.0 Å². The number of ether oxygens (including phenoxy) is 1. The lowest BCUT2D eigenvalue weighted by atomic mass is 9.67. The van der Waals surface area contributed by atoms with Gasteiger partial charge in [0.05, 0.1) is 7.11 Å². The Hall–Kier alpha value is -1.10. The van der Waals surface area contributed by atoms with Crippen LogP contribution in [0.15, 0.2) is 0 Å². The summed E-state index contributed by atoms with van der Waals surface area (Å²) in [5, 5.41) is 5.88. The summed E-state index contributed by atoms with van der Waals surface area (Å²) in [4.78, 5) is 22.5. The molecular formula is C13H24N2O3. The van der Waals surface area contributed by atoms with Gasteiger partial charge in [-0.3, -0.25) is 4.79 Å². The number of nitrogens with one attached hydrogen (secondary N) is 2. The van der Waals surface area contributed by atoms with Crippen molar-refractivity contribution in [1.82, 2.24) is 10.6 Å². The summed E-state index contributed by atoms with van der Waals surface area (Å²) in [6.45, 7) is 4.92. The van der Waals surface area contributed by atoms with Gasteiger partial charge in [-0.25, -0.2) is 4.79 Å². The summed E-state index contributed by atoms with van der Waals surface area (Å²) in [7, 11) is 1.33. The van der Waals surface area contributed by atoms with Crippen molar-refractivity contribution >= 4 is 11.9 Å². The molecule has 1 saturated carbocycles. The summed E-state index contributed by atoms with van der Waals surface area (Å²) in [5.74, 6) is -0.627. The van der Waals surface area contributed by atoms with Crippen molar-refractivity contribution in [2.24, 2.45) is 5.41 Å². The minimum absolute atomic E-state index is 0.221. The van der Waals surface area contributed by atoms with Crippen LogP contribution in [0.4, 0.5) is 0 Å². The highest BCUT2D eigenvalue weighted by Gasteiger charge is 2.34. The molecule has 0 spiro atoms. The number of carbonyl (C=O) groups is 2. The van der Waals surface area contributed by atoms with Crippen LogP contribution in [0.1, 0.15) is 39.5 Å². The molecule has 1 unspecified atom stereocenters. The van der Waals surface area contributed by atoms with Gasteiger partial charge >= 0.3 is 5.97 Å². The van der Waals surface area contributed by atoms with Gasteiger partial charge in [0.2, 0.25) is 5.91 Å². The number of methoxy groups -OCH3 is 1. The van der Waals surface area contributed by atoms with Crippen LogP contribution in [-0.4, -0.2) is 38.1 Å². The van der Waals surface area contributed by atoms with Gasteiger partial charge in [0.15, 0.2) is 0 Å². The third-order valence-electron chi connectivity index (χ3n) is 3.88. The number of hydrogen-bond acceptors (Lipinski definition) is 4. The van der Waals surface area contributed by atoms with Crippen LogP contribution >= 0.6 is 0 Å². The fourth-order valence-electron chi connectivity index (χ4n) is 2.39. The van der Waals surface area contributed by atoms with Gasteiger partial charge in [-0.2, -0.15) is 0 Å². The van der Waals surface area contributed by atoms with Crippen molar-refractivity contribution in [2.45, 2.75) is 45.6 Å². The van der Waals surface area contributed by atoms with E-state index < -0.39 is 12.0 Å². The van der Waals surface area contributed by atoms with E-state index >= 15 is 0 Å². The number of amides is 1. The summed E-state index contributed by atoms with van der Waals surface area (Å²) >= 11 is 0. The first kappa shape index (κ1) is 15.0.